The van der Waals surface area contributed by atoms with Gasteiger partial charge < -0.3 is 5.11 Å². The molecule has 4 aromatic carbocycles. The summed E-state index contributed by atoms with van der Waals surface area (Å²) in [5.74, 6) is 2.34. The van der Waals surface area contributed by atoms with Gasteiger partial charge in [0.05, 0.1) is 17.8 Å². The normalized spacial score (nSPS) is 11.3. The fourth-order valence-electron chi connectivity index (χ4n) is 4.46. The van der Waals surface area contributed by atoms with Crippen LogP contribution in [0.1, 0.15) is 22.3 Å². The third-order valence-electron chi connectivity index (χ3n) is 6.50. The first-order valence-electron chi connectivity index (χ1n) is 12.3. The molecule has 0 saturated heterocycles. The van der Waals surface area contributed by atoms with E-state index in [0.717, 1.165) is 15.6 Å². The zero-order chi connectivity index (χ0) is 30.2. The fraction of sp³-hybridized carbons (Fsp3) is 0.0968. The number of benzene rings is 4. The molecular weight excluding hydrogens is 560 g/mol. The highest BCUT2D eigenvalue weighted by Crippen LogP contribution is 2.38. The molecule has 5 nitrogen and oxygen atoms in total. The highest BCUT2D eigenvalue weighted by Gasteiger charge is 2.34. The molecular formula is C31H19F6N3O2. The van der Waals surface area contributed by atoms with Crippen molar-refractivity contribution in [1.82, 2.24) is 9.78 Å². The summed E-state index contributed by atoms with van der Waals surface area (Å²) in [6, 6.07) is 17.4. The minimum absolute atomic E-state index is 0.0854. The number of hydrogen-bond acceptors (Lipinski definition) is 2. The quantitative estimate of drug-likeness (QED) is 0.175. The first-order chi connectivity index (χ1) is 19.9. The van der Waals surface area contributed by atoms with E-state index in [1.807, 2.05) is 0 Å². The Bertz CT molecular complexity index is 1880. The van der Waals surface area contributed by atoms with Crippen molar-refractivity contribution in [3.05, 3.63) is 119 Å². The highest BCUT2D eigenvalue weighted by atomic mass is 19.4. The van der Waals surface area contributed by atoms with Gasteiger partial charge in [-0.1, -0.05) is 42.2 Å². The standard InChI is InChI=1S/C31H19F6N3O2/c1-39(30(41)42)22-8-3-6-19(14-22)12-11-18-5-2-7-20(13-18)29-23-9-4-10-25(31(35,36)37)28(23)38-40(29)17-24-26(33)15-21(32)16-27(24)34/h2-10,13-16H,17H2,1H3,(H,41,42). The van der Waals surface area contributed by atoms with Gasteiger partial charge in [-0.05, 0) is 36.4 Å². The van der Waals surface area contributed by atoms with E-state index in [1.165, 1.54) is 19.2 Å². The third-order valence-corrected chi connectivity index (χ3v) is 6.50. The Balaban J connectivity index is 1.63. The molecule has 42 heavy (non-hydrogen) atoms. The lowest BCUT2D eigenvalue weighted by molar-refractivity contribution is -0.136. The predicted molar refractivity (Wildman–Crippen MR) is 144 cm³/mol. The summed E-state index contributed by atoms with van der Waals surface area (Å²) in [4.78, 5) is 12.3. The summed E-state index contributed by atoms with van der Waals surface area (Å²) in [5.41, 5.74) is -0.129. The first-order valence-corrected chi connectivity index (χ1v) is 12.3. The van der Waals surface area contributed by atoms with Crippen LogP contribution in [0.5, 0.6) is 0 Å². The molecule has 5 aromatic rings. The zero-order valence-electron chi connectivity index (χ0n) is 21.7. The largest absolute Gasteiger partial charge is 0.465 e. The van der Waals surface area contributed by atoms with Gasteiger partial charge in [0.25, 0.3) is 0 Å². The second-order valence-electron chi connectivity index (χ2n) is 9.28. The summed E-state index contributed by atoms with van der Waals surface area (Å²) < 4.78 is 85.2. The number of fused-ring (bicyclic) bond motifs is 1. The molecule has 11 heteroatoms. The number of anilines is 1. The molecule has 1 aromatic heterocycles. The van der Waals surface area contributed by atoms with Gasteiger partial charge in [-0.3, -0.25) is 9.58 Å². The van der Waals surface area contributed by atoms with Crippen LogP contribution in [-0.2, 0) is 12.7 Å². The topological polar surface area (TPSA) is 58.4 Å². The molecule has 0 aliphatic carbocycles. The van der Waals surface area contributed by atoms with Crippen molar-refractivity contribution in [2.45, 2.75) is 12.7 Å². The Kier molecular flexibility index (Phi) is 7.39. The number of halogens is 6. The van der Waals surface area contributed by atoms with Crippen LogP contribution in [0.15, 0.2) is 78.9 Å². The number of alkyl halides is 3. The van der Waals surface area contributed by atoms with Gasteiger partial charge in [0, 0.05) is 52.5 Å². The van der Waals surface area contributed by atoms with E-state index in [4.69, 9.17) is 0 Å². The Labute approximate surface area is 235 Å². The van der Waals surface area contributed by atoms with Crippen molar-refractivity contribution in [1.29, 1.82) is 0 Å². The van der Waals surface area contributed by atoms with Crippen LogP contribution in [-0.4, -0.2) is 28.0 Å². The molecule has 1 N–H and O–H groups in total. The second-order valence-corrected chi connectivity index (χ2v) is 9.28. The zero-order valence-corrected chi connectivity index (χ0v) is 21.7. The molecule has 0 bridgehead atoms. The van der Waals surface area contributed by atoms with E-state index in [9.17, 15) is 36.2 Å². The molecule has 0 spiro atoms. The van der Waals surface area contributed by atoms with Gasteiger partial charge in [0.1, 0.15) is 23.0 Å². The van der Waals surface area contributed by atoms with E-state index in [1.54, 1.807) is 48.5 Å². The third kappa shape index (κ3) is 5.65. The maximum Gasteiger partial charge on any atom is 0.418 e. The Morgan fingerprint density at radius 1 is 0.905 bits per heavy atom. The second kappa shape index (κ2) is 11.0. The molecule has 0 saturated carbocycles. The van der Waals surface area contributed by atoms with E-state index >= 15 is 0 Å². The van der Waals surface area contributed by atoms with Gasteiger partial charge in [-0.2, -0.15) is 18.3 Å². The van der Waals surface area contributed by atoms with Gasteiger partial charge in [-0.25, -0.2) is 18.0 Å². The summed E-state index contributed by atoms with van der Waals surface area (Å²) in [7, 11) is 1.39. The van der Waals surface area contributed by atoms with Crippen molar-refractivity contribution in [2.75, 3.05) is 11.9 Å². The van der Waals surface area contributed by atoms with Crippen molar-refractivity contribution in [2.24, 2.45) is 0 Å². The number of rotatable bonds is 4. The number of aromatic nitrogens is 2. The number of carboxylic acid groups (broad SMARTS) is 1. The molecule has 1 heterocycles. The maximum absolute atomic E-state index is 14.5. The lowest BCUT2D eigenvalue weighted by Crippen LogP contribution is -2.23. The monoisotopic (exact) mass is 579 g/mol. The van der Waals surface area contributed by atoms with Crippen LogP contribution in [0.2, 0.25) is 0 Å². The molecule has 5 rings (SSSR count). The number of hydrogen-bond donors (Lipinski definition) is 1. The van der Waals surface area contributed by atoms with E-state index < -0.39 is 52.9 Å². The molecule has 0 unspecified atom stereocenters. The smallest absolute Gasteiger partial charge is 0.418 e. The maximum atomic E-state index is 14.5. The number of nitrogens with zero attached hydrogens (tertiary/aromatic N) is 3. The fourth-order valence-corrected chi connectivity index (χ4v) is 4.46. The predicted octanol–water partition coefficient (Wildman–Crippen LogP) is 7.70. The van der Waals surface area contributed by atoms with E-state index in [0.29, 0.717) is 34.5 Å². The van der Waals surface area contributed by atoms with Crippen molar-refractivity contribution >= 4 is 22.7 Å². The van der Waals surface area contributed by atoms with Gasteiger partial charge >= 0.3 is 12.3 Å². The average Bonchev–Trinajstić information content (AvgIpc) is 3.31. The van der Waals surface area contributed by atoms with E-state index in [-0.39, 0.29) is 11.1 Å². The molecule has 0 aliphatic heterocycles. The number of carbonyl (C=O) groups is 1. The van der Waals surface area contributed by atoms with Crippen LogP contribution < -0.4 is 4.90 Å². The first kappa shape index (κ1) is 28.3. The molecule has 1 amide bonds. The Hall–Kier alpha value is -5.24. The summed E-state index contributed by atoms with van der Waals surface area (Å²) >= 11 is 0. The van der Waals surface area contributed by atoms with Crippen molar-refractivity contribution in [3.8, 4) is 23.1 Å². The Morgan fingerprint density at radius 2 is 1.52 bits per heavy atom. The lowest BCUT2D eigenvalue weighted by atomic mass is 10.0. The molecule has 0 aliphatic rings. The van der Waals surface area contributed by atoms with E-state index in [2.05, 4.69) is 16.9 Å². The van der Waals surface area contributed by atoms with Crippen molar-refractivity contribution < 1.29 is 36.2 Å². The highest BCUT2D eigenvalue weighted by molar-refractivity contribution is 5.95. The summed E-state index contributed by atoms with van der Waals surface area (Å²) in [5, 5.41) is 13.4. The molecule has 212 valence electrons. The van der Waals surface area contributed by atoms with Crippen LogP contribution in [0.4, 0.5) is 36.8 Å². The molecule has 0 fully saturated rings. The lowest BCUT2D eigenvalue weighted by Gasteiger charge is -2.12. The minimum atomic E-state index is -4.75. The van der Waals surface area contributed by atoms with Crippen LogP contribution >= 0.6 is 0 Å². The molecule has 0 atom stereocenters. The van der Waals surface area contributed by atoms with Gasteiger partial charge in [0.15, 0.2) is 0 Å². The average molecular weight is 580 g/mol. The van der Waals surface area contributed by atoms with Crippen LogP contribution in [0.25, 0.3) is 22.2 Å². The van der Waals surface area contributed by atoms with Crippen LogP contribution in [0.3, 0.4) is 0 Å². The van der Waals surface area contributed by atoms with Crippen LogP contribution in [0, 0.1) is 29.3 Å². The number of amides is 1. The SMILES string of the molecule is CN(C(=O)O)c1cccc(C#Cc2cccc(-c3c4cccc(C(F)(F)F)c4nn3Cc3c(F)cc(F)cc3F)c2)c1. The van der Waals surface area contributed by atoms with Gasteiger partial charge in [-0.15, -0.1) is 0 Å². The minimum Gasteiger partial charge on any atom is -0.465 e. The summed E-state index contributed by atoms with van der Waals surface area (Å²) in [6.45, 7) is -0.612. The van der Waals surface area contributed by atoms with Crippen molar-refractivity contribution in [3.63, 3.8) is 0 Å². The Morgan fingerprint density at radius 3 is 2.17 bits per heavy atom. The summed E-state index contributed by atoms with van der Waals surface area (Å²) in [6.07, 6.45) is -5.90. The molecule has 0 radical (unpaired) electrons. The van der Waals surface area contributed by atoms with Gasteiger partial charge in [0.2, 0.25) is 0 Å².